The summed E-state index contributed by atoms with van der Waals surface area (Å²) in [6.07, 6.45) is 1.44. The second kappa shape index (κ2) is 13.0. The van der Waals surface area contributed by atoms with Gasteiger partial charge in [0, 0.05) is 44.8 Å². The van der Waals surface area contributed by atoms with Gasteiger partial charge in [-0.3, -0.25) is 14.7 Å². The molecule has 1 aromatic rings. The van der Waals surface area contributed by atoms with Crippen LogP contribution in [-0.2, 0) is 4.79 Å². The van der Waals surface area contributed by atoms with Gasteiger partial charge in [-0.25, -0.2) is 0 Å². The lowest BCUT2D eigenvalue weighted by Crippen LogP contribution is -2.54. The van der Waals surface area contributed by atoms with Crippen LogP contribution in [-0.4, -0.2) is 92.8 Å². The van der Waals surface area contributed by atoms with Gasteiger partial charge in [-0.15, -0.1) is 24.0 Å². The monoisotopic (exact) mass is 561 g/mol. The van der Waals surface area contributed by atoms with Gasteiger partial charge in [-0.05, 0) is 37.5 Å². The molecule has 3 rings (SSSR count). The number of aliphatic imine (C=N–C) groups is 1. The van der Waals surface area contributed by atoms with E-state index in [1.807, 2.05) is 6.92 Å². The van der Waals surface area contributed by atoms with Crippen LogP contribution in [0.4, 0.5) is 0 Å². The highest BCUT2D eigenvalue weighted by Gasteiger charge is 2.26. The minimum atomic E-state index is -0.773. The molecule has 0 bridgehead atoms. The molecule has 1 saturated carbocycles. The van der Waals surface area contributed by atoms with Gasteiger partial charge in [-0.1, -0.05) is 0 Å². The summed E-state index contributed by atoms with van der Waals surface area (Å²) in [7, 11) is 3.17. The van der Waals surface area contributed by atoms with E-state index in [1.165, 1.54) is 0 Å². The highest BCUT2D eigenvalue weighted by molar-refractivity contribution is 14.0. The Morgan fingerprint density at radius 1 is 1.16 bits per heavy atom. The number of halogens is 1. The number of amides is 1. The molecule has 3 N–H and O–H groups in total. The molecule has 32 heavy (non-hydrogen) atoms. The summed E-state index contributed by atoms with van der Waals surface area (Å²) in [5.74, 6) is 2.16. The van der Waals surface area contributed by atoms with Crippen molar-refractivity contribution in [3.05, 3.63) is 23.8 Å². The third-order valence-corrected chi connectivity index (χ3v) is 5.49. The van der Waals surface area contributed by atoms with Gasteiger partial charge in [0.2, 0.25) is 5.91 Å². The Labute approximate surface area is 207 Å². The van der Waals surface area contributed by atoms with Crippen molar-refractivity contribution in [3.63, 3.8) is 0 Å². The van der Waals surface area contributed by atoms with E-state index >= 15 is 0 Å². The molecule has 2 aliphatic rings. The van der Waals surface area contributed by atoms with Gasteiger partial charge in [0.15, 0.2) is 5.96 Å². The van der Waals surface area contributed by atoms with Gasteiger partial charge in [0.25, 0.3) is 0 Å². The molecule has 2 fully saturated rings. The average Bonchev–Trinajstić information content (AvgIpc) is 3.60. The van der Waals surface area contributed by atoms with Crippen LogP contribution in [0.15, 0.2) is 23.2 Å². The number of hydrogen-bond donors (Lipinski definition) is 3. The van der Waals surface area contributed by atoms with Crippen molar-refractivity contribution >= 4 is 35.8 Å². The van der Waals surface area contributed by atoms with Gasteiger partial charge in [-0.2, -0.15) is 0 Å². The molecular formula is C22H36IN5O4. The van der Waals surface area contributed by atoms with E-state index in [0.29, 0.717) is 29.6 Å². The van der Waals surface area contributed by atoms with Crippen molar-refractivity contribution in [2.24, 2.45) is 4.99 Å². The number of aliphatic hydroxyl groups is 1. The molecule has 0 aromatic heterocycles. The van der Waals surface area contributed by atoms with Gasteiger partial charge < -0.3 is 30.1 Å². The second-order valence-corrected chi connectivity index (χ2v) is 7.96. The smallest absolute Gasteiger partial charge is 0.234 e. The predicted octanol–water partition coefficient (Wildman–Crippen LogP) is 1.22. The fourth-order valence-corrected chi connectivity index (χ4v) is 3.55. The number of aliphatic hydroxyl groups excluding tert-OH is 1. The number of ether oxygens (including phenoxy) is 2. The molecule has 0 radical (unpaired) electrons. The van der Waals surface area contributed by atoms with Crippen molar-refractivity contribution in [1.29, 1.82) is 0 Å². The molecule has 1 aromatic carbocycles. The van der Waals surface area contributed by atoms with E-state index in [0.717, 1.165) is 51.5 Å². The van der Waals surface area contributed by atoms with Crippen LogP contribution in [0, 0.1) is 0 Å². The number of benzene rings is 1. The van der Waals surface area contributed by atoms with E-state index < -0.39 is 6.10 Å². The van der Waals surface area contributed by atoms with E-state index in [4.69, 9.17) is 9.47 Å². The standard InChI is InChI=1S/C22H35N5O4.HI/c1-4-23-22(24-14-20(28)16-11-18(30-2)13-19(12-16)31-3)27-9-7-26(8-10-27)15-21(29)25-17-5-6-17;/h11-13,17,20,28H,4-10,14-15H2,1-3H3,(H,23,24)(H,25,29);1H. The molecule has 1 amide bonds. The molecule has 1 aliphatic carbocycles. The number of piperazine rings is 1. The number of carbonyl (C=O) groups excluding carboxylic acids is 1. The minimum absolute atomic E-state index is 0. The maximum Gasteiger partial charge on any atom is 0.234 e. The SMILES string of the molecule is CCNC(=NCC(O)c1cc(OC)cc(OC)c1)N1CCN(CC(=O)NC2CC2)CC1.I. The van der Waals surface area contributed by atoms with E-state index in [1.54, 1.807) is 32.4 Å². The largest absolute Gasteiger partial charge is 0.497 e. The number of carbonyl (C=O) groups is 1. The summed E-state index contributed by atoms with van der Waals surface area (Å²) in [6, 6.07) is 5.76. The van der Waals surface area contributed by atoms with Crippen LogP contribution in [0.5, 0.6) is 11.5 Å². The number of methoxy groups -OCH3 is 2. The van der Waals surface area contributed by atoms with Gasteiger partial charge >= 0.3 is 0 Å². The van der Waals surface area contributed by atoms with Crippen molar-refractivity contribution in [3.8, 4) is 11.5 Å². The zero-order chi connectivity index (χ0) is 22.2. The molecule has 0 spiro atoms. The minimum Gasteiger partial charge on any atom is -0.497 e. The molecule has 180 valence electrons. The molecule has 1 atom stereocenters. The Morgan fingerprint density at radius 3 is 2.31 bits per heavy atom. The summed E-state index contributed by atoms with van der Waals surface area (Å²) < 4.78 is 10.6. The molecular weight excluding hydrogens is 525 g/mol. The topological polar surface area (TPSA) is 98.7 Å². The first-order valence-corrected chi connectivity index (χ1v) is 11.0. The zero-order valence-electron chi connectivity index (χ0n) is 19.2. The molecule has 1 aliphatic heterocycles. The van der Waals surface area contributed by atoms with Crippen molar-refractivity contribution in [2.45, 2.75) is 31.9 Å². The number of guanidine groups is 1. The third kappa shape index (κ3) is 7.96. The highest BCUT2D eigenvalue weighted by Crippen LogP contribution is 2.26. The number of rotatable bonds is 9. The lowest BCUT2D eigenvalue weighted by Gasteiger charge is -2.36. The lowest BCUT2D eigenvalue weighted by atomic mass is 10.1. The molecule has 1 unspecified atom stereocenters. The molecule has 9 nitrogen and oxygen atoms in total. The Bertz CT molecular complexity index is 744. The Hall–Kier alpha value is -1.79. The normalized spacial score (nSPS) is 17.9. The number of nitrogens with zero attached hydrogens (tertiary/aromatic N) is 3. The lowest BCUT2D eigenvalue weighted by molar-refractivity contribution is -0.122. The molecule has 10 heteroatoms. The quantitative estimate of drug-likeness (QED) is 0.237. The summed E-state index contributed by atoms with van der Waals surface area (Å²) in [5.41, 5.74) is 0.697. The predicted molar refractivity (Wildman–Crippen MR) is 135 cm³/mol. The summed E-state index contributed by atoms with van der Waals surface area (Å²) in [5, 5.41) is 17.0. The number of hydrogen-bond acceptors (Lipinski definition) is 6. The van der Waals surface area contributed by atoms with Crippen LogP contribution < -0.4 is 20.1 Å². The van der Waals surface area contributed by atoms with Crippen molar-refractivity contribution in [2.75, 3.05) is 60.0 Å². The van der Waals surface area contributed by atoms with Crippen LogP contribution in [0.1, 0.15) is 31.4 Å². The van der Waals surface area contributed by atoms with Crippen LogP contribution in [0.2, 0.25) is 0 Å². The third-order valence-electron chi connectivity index (χ3n) is 5.49. The average molecular weight is 561 g/mol. The fourth-order valence-electron chi connectivity index (χ4n) is 3.55. The van der Waals surface area contributed by atoms with Gasteiger partial charge in [0.05, 0.1) is 33.4 Å². The van der Waals surface area contributed by atoms with Crippen molar-refractivity contribution in [1.82, 2.24) is 20.4 Å². The summed E-state index contributed by atoms with van der Waals surface area (Å²) in [6.45, 7) is 6.62. The first-order chi connectivity index (χ1) is 15.0. The fraction of sp³-hybridized carbons (Fsp3) is 0.636. The van der Waals surface area contributed by atoms with E-state index in [9.17, 15) is 9.90 Å². The summed E-state index contributed by atoms with van der Waals surface area (Å²) >= 11 is 0. The maximum atomic E-state index is 12.0. The second-order valence-electron chi connectivity index (χ2n) is 7.96. The first kappa shape index (κ1) is 26.5. The van der Waals surface area contributed by atoms with Crippen LogP contribution in [0.25, 0.3) is 0 Å². The van der Waals surface area contributed by atoms with E-state index in [2.05, 4.69) is 25.4 Å². The molecule has 1 heterocycles. The number of nitrogens with one attached hydrogen (secondary N) is 2. The zero-order valence-corrected chi connectivity index (χ0v) is 21.5. The van der Waals surface area contributed by atoms with E-state index in [-0.39, 0.29) is 36.4 Å². The van der Waals surface area contributed by atoms with Crippen LogP contribution >= 0.6 is 24.0 Å². The Morgan fingerprint density at radius 2 is 1.78 bits per heavy atom. The van der Waals surface area contributed by atoms with Crippen LogP contribution in [0.3, 0.4) is 0 Å². The summed E-state index contributed by atoms with van der Waals surface area (Å²) in [4.78, 5) is 21.0. The van der Waals surface area contributed by atoms with Gasteiger partial charge in [0.1, 0.15) is 11.5 Å². The Kier molecular flexibility index (Phi) is 10.8. The first-order valence-electron chi connectivity index (χ1n) is 11.0. The highest BCUT2D eigenvalue weighted by atomic mass is 127. The van der Waals surface area contributed by atoms with Crippen molar-refractivity contribution < 1.29 is 19.4 Å². The Balaban J connectivity index is 0.00000363. The molecule has 1 saturated heterocycles. The maximum absolute atomic E-state index is 12.0.